The molecule has 0 aliphatic rings. The zero-order valence-corrected chi connectivity index (χ0v) is 8.36. The summed E-state index contributed by atoms with van der Waals surface area (Å²) in [7, 11) is 1.68. The van der Waals surface area contributed by atoms with Gasteiger partial charge in [-0.1, -0.05) is 18.2 Å². The third kappa shape index (κ3) is 2.74. The molecule has 0 aliphatic heterocycles. The molecule has 76 valence electrons. The first-order valence-corrected chi connectivity index (χ1v) is 4.46. The molecule has 0 spiro atoms. The van der Waals surface area contributed by atoms with Gasteiger partial charge in [0.15, 0.2) is 0 Å². The van der Waals surface area contributed by atoms with E-state index >= 15 is 0 Å². The molecular weight excluding hydrogens is 180 g/mol. The number of benzene rings is 1. The molecule has 1 aromatic rings. The lowest BCUT2D eigenvalue weighted by Gasteiger charge is -2.17. The lowest BCUT2D eigenvalue weighted by Crippen LogP contribution is -2.37. The Morgan fingerprint density at radius 3 is 2.64 bits per heavy atom. The van der Waals surface area contributed by atoms with Crippen molar-refractivity contribution in [3.63, 3.8) is 0 Å². The predicted molar refractivity (Wildman–Crippen MR) is 55.0 cm³/mol. The van der Waals surface area contributed by atoms with E-state index in [4.69, 9.17) is 4.84 Å². The number of rotatable bonds is 3. The number of carbonyl (C=O) groups excluding carboxylic acids is 1. The minimum atomic E-state index is -0.280. The molecular formula is C10H14N2O2. The van der Waals surface area contributed by atoms with Crippen LogP contribution in [-0.4, -0.2) is 19.7 Å². The molecule has 4 nitrogen and oxygen atoms in total. The summed E-state index contributed by atoms with van der Waals surface area (Å²) < 4.78 is 0. The van der Waals surface area contributed by atoms with E-state index < -0.39 is 0 Å². The van der Waals surface area contributed by atoms with Crippen LogP contribution in [0.25, 0.3) is 0 Å². The number of hydrogen-bond acceptors (Lipinski definition) is 2. The van der Waals surface area contributed by atoms with Gasteiger partial charge in [0.05, 0.1) is 6.61 Å². The Hall–Kier alpha value is -1.55. The Morgan fingerprint density at radius 2 is 2.07 bits per heavy atom. The maximum Gasteiger partial charge on any atom is 0.345 e. The van der Waals surface area contributed by atoms with Crippen LogP contribution in [0.3, 0.4) is 0 Å². The Bertz CT molecular complexity index is 287. The van der Waals surface area contributed by atoms with E-state index in [1.807, 2.05) is 37.3 Å². The number of nitrogens with one attached hydrogen (secondary N) is 1. The SMILES string of the molecule is CCONC(=O)N(C)c1ccccc1. The van der Waals surface area contributed by atoms with Crippen LogP contribution in [0.5, 0.6) is 0 Å². The first kappa shape index (κ1) is 10.5. The summed E-state index contributed by atoms with van der Waals surface area (Å²) >= 11 is 0. The molecule has 14 heavy (non-hydrogen) atoms. The maximum absolute atomic E-state index is 11.4. The van der Waals surface area contributed by atoms with E-state index in [1.165, 1.54) is 4.90 Å². The molecule has 0 atom stereocenters. The predicted octanol–water partition coefficient (Wildman–Crippen LogP) is 1.78. The van der Waals surface area contributed by atoms with Crippen molar-refractivity contribution in [2.45, 2.75) is 6.92 Å². The largest absolute Gasteiger partial charge is 0.345 e. The molecule has 1 aromatic carbocycles. The summed E-state index contributed by atoms with van der Waals surface area (Å²) in [6, 6.07) is 9.08. The van der Waals surface area contributed by atoms with E-state index in [1.54, 1.807) is 7.05 Å². The average molecular weight is 194 g/mol. The minimum absolute atomic E-state index is 0.280. The van der Waals surface area contributed by atoms with E-state index in [0.717, 1.165) is 5.69 Å². The highest BCUT2D eigenvalue weighted by Gasteiger charge is 2.08. The molecule has 0 unspecified atom stereocenters. The molecule has 0 fully saturated rings. The molecule has 2 amide bonds. The van der Waals surface area contributed by atoms with Gasteiger partial charge in [-0.15, -0.1) is 0 Å². The lowest BCUT2D eigenvalue weighted by atomic mass is 10.3. The van der Waals surface area contributed by atoms with Crippen LogP contribution in [-0.2, 0) is 4.84 Å². The van der Waals surface area contributed by atoms with Crippen molar-refractivity contribution in [1.82, 2.24) is 5.48 Å². The highest BCUT2D eigenvalue weighted by atomic mass is 16.7. The van der Waals surface area contributed by atoms with Gasteiger partial charge < -0.3 is 0 Å². The fraction of sp³-hybridized carbons (Fsp3) is 0.300. The normalized spacial score (nSPS) is 9.57. The van der Waals surface area contributed by atoms with Crippen molar-refractivity contribution in [3.8, 4) is 0 Å². The molecule has 4 heteroatoms. The number of nitrogens with zero attached hydrogens (tertiary/aromatic N) is 1. The van der Waals surface area contributed by atoms with Crippen LogP contribution in [0.15, 0.2) is 30.3 Å². The van der Waals surface area contributed by atoms with Gasteiger partial charge >= 0.3 is 6.03 Å². The van der Waals surface area contributed by atoms with Crippen LogP contribution >= 0.6 is 0 Å². The molecule has 1 rings (SSSR count). The Labute approximate surface area is 83.4 Å². The van der Waals surface area contributed by atoms with Gasteiger partial charge in [0.1, 0.15) is 0 Å². The number of urea groups is 1. The second-order valence-corrected chi connectivity index (χ2v) is 2.73. The highest BCUT2D eigenvalue weighted by Crippen LogP contribution is 2.10. The number of amides is 2. The number of para-hydroxylation sites is 1. The van der Waals surface area contributed by atoms with Gasteiger partial charge in [0.25, 0.3) is 0 Å². The van der Waals surface area contributed by atoms with Gasteiger partial charge in [-0.2, -0.15) is 0 Å². The van der Waals surface area contributed by atoms with Crippen LogP contribution in [0.2, 0.25) is 0 Å². The standard InChI is InChI=1S/C10H14N2O2/c1-3-14-11-10(13)12(2)9-7-5-4-6-8-9/h4-8H,3H2,1-2H3,(H,11,13). The van der Waals surface area contributed by atoms with Gasteiger partial charge in [0, 0.05) is 12.7 Å². The average Bonchev–Trinajstić information content (AvgIpc) is 2.26. The number of carbonyl (C=O) groups is 1. The van der Waals surface area contributed by atoms with Gasteiger partial charge in [0.2, 0.25) is 0 Å². The summed E-state index contributed by atoms with van der Waals surface area (Å²) in [5, 5.41) is 0. The van der Waals surface area contributed by atoms with E-state index in [-0.39, 0.29) is 6.03 Å². The summed E-state index contributed by atoms with van der Waals surface area (Å²) in [5.41, 5.74) is 3.14. The number of hydroxylamine groups is 1. The number of hydrogen-bond donors (Lipinski definition) is 1. The fourth-order valence-corrected chi connectivity index (χ4v) is 0.971. The van der Waals surface area contributed by atoms with Crippen molar-refractivity contribution < 1.29 is 9.63 Å². The molecule has 0 aromatic heterocycles. The highest BCUT2D eigenvalue weighted by molar-refractivity contribution is 5.90. The van der Waals surface area contributed by atoms with Crippen LogP contribution in [0.1, 0.15) is 6.92 Å². The maximum atomic E-state index is 11.4. The Kier molecular flexibility index (Phi) is 3.94. The third-order valence-electron chi connectivity index (χ3n) is 1.75. The monoisotopic (exact) mass is 194 g/mol. The summed E-state index contributed by atoms with van der Waals surface area (Å²) in [4.78, 5) is 17.7. The lowest BCUT2D eigenvalue weighted by molar-refractivity contribution is 0.0737. The fourth-order valence-electron chi connectivity index (χ4n) is 0.971. The minimum Gasteiger partial charge on any atom is -0.296 e. The molecule has 0 saturated heterocycles. The smallest absolute Gasteiger partial charge is 0.296 e. The molecule has 0 radical (unpaired) electrons. The van der Waals surface area contributed by atoms with Crippen LogP contribution in [0, 0.1) is 0 Å². The topological polar surface area (TPSA) is 41.6 Å². The van der Waals surface area contributed by atoms with E-state index in [9.17, 15) is 4.79 Å². The summed E-state index contributed by atoms with van der Waals surface area (Å²) in [6.07, 6.45) is 0. The first-order valence-electron chi connectivity index (χ1n) is 4.46. The summed E-state index contributed by atoms with van der Waals surface area (Å²) in [5.74, 6) is 0. The summed E-state index contributed by atoms with van der Waals surface area (Å²) in [6.45, 7) is 2.26. The molecule has 0 heterocycles. The van der Waals surface area contributed by atoms with Crippen LogP contribution in [0.4, 0.5) is 10.5 Å². The molecule has 0 saturated carbocycles. The van der Waals surface area contributed by atoms with Gasteiger partial charge in [-0.25, -0.2) is 10.3 Å². The molecule has 0 aliphatic carbocycles. The number of anilines is 1. The molecule has 1 N–H and O–H groups in total. The second kappa shape index (κ2) is 5.24. The van der Waals surface area contributed by atoms with Crippen molar-refractivity contribution in [2.24, 2.45) is 0 Å². The van der Waals surface area contributed by atoms with Crippen molar-refractivity contribution in [1.29, 1.82) is 0 Å². The zero-order chi connectivity index (χ0) is 10.4. The van der Waals surface area contributed by atoms with Gasteiger partial charge in [-0.05, 0) is 19.1 Å². The first-order chi connectivity index (χ1) is 6.75. The molecule has 0 bridgehead atoms. The van der Waals surface area contributed by atoms with E-state index in [0.29, 0.717) is 6.61 Å². The quantitative estimate of drug-likeness (QED) is 0.745. The van der Waals surface area contributed by atoms with E-state index in [2.05, 4.69) is 5.48 Å². The van der Waals surface area contributed by atoms with Crippen molar-refractivity contribution in [3.05, 3.63) is 30.3 Å². The van der Waals surface area contributed by atoms with Crippen molar-refractivity contribution >= 4 is 11.7 Å². The Morgan fingerprint density at radius 1 is 1.43 bits per heavy atom. The zero-order valence-electron chi connectivity index (χ0n) is 8.36. The second-order valence-electron chi connectivity index (χ2n) is 2.73. The van der Waals surface area contributed by atoms with Crippen LogP contribution < -0.4 is 10.4 Å². The van der Waals surface area contributed by atoms with Crippen molar-refractivity contribution in [2.75, 3.05) is 18.6 Å². The Balaban J connectivity index is 2.57. The third-order valence-corrected chi connectivity index (χ3v) is 1.75. The van der Waals surface area contributed by atoms with Gasteiger partial charge in [-0.3, -0.25) is 9.74 Å².